The first-order valence-corrected chi connectivity index (χ1v) is 20.7. The zero-order valence-electron chi connectivity index (χ0n) is 28.2. The van der Waals surface area contributed by atoms with Gasteiger partial charge in [0, 0.05) is 17.4 Å². The lowest BCUT2D eigenvalue weighted by Crippen LogP contribution is -2.58. The second-order valence-electron chi connectivity index (χ2n) is 14.6. The van der Waals surface area contributed by atoms with Gasteiger partial charge >= 0.3 is 0 Å². The molecule has 3 amide bonds. The maximum Gasteiger partial charge on any atom is 0.274 e. The minimum Gasteiger partial charge on any atom is -0.465 e. The number of aromatic nitrogens is 1. The topological polar surface area (TPSA) is 147 Å². The normalized spacial score (nSPS) is 28.5. The van der Waals surface area contributed by atoms with Crippen LogP contribution in [-0.2, 0) is 31.0 Å². The fraction of sp³-hybridized carbons (Fsp3) is 0.556. The minimum absolute atomic E-state index is 0.176. The van der Waals surface area contributed by atoms with Gasteiger partial charge in [-0.2, -0.15) is 0 Å². The summed E-state index contributed by atoms with van der Waals surface area (Å²) < 4.78 is 35.8. The van der Waals surface area contributed by atoms with Crippen LogP contribution >= 0.6 is 27.3 Å². The average Bonchev–Trinajstić information content (AvgIpc) is 3.90. The molecule has 268 valence electrons. The molecule has 3 aromatic rings. The summed E-state index contributed by atoms with van der Waals surface area (Å²) in [6.45, 7) is 2.31. The number of carbonyl (C=O) groups is 3. The first-order valence-electron chi connectivity index (χ1n) is 17.7. The monoisotopic (exact) mass is 785 g/mol. The van der Waals surface area contributed by atoms with E-state index in [-0.39, 0.29) is 24.8 Å². The van der Waals surface area contributed by atoms with E-state index in [1.165, 1.54) is 11.3 Å². The van der Waals surface area contributed by atoms with Crippen LogP contribution in [0.5, 0.6) is 5.19 Å². The summed E-state index contributed by atoms with van der Waals surface area (Å²) in [6.07, 6.45) is 7.02. The number of fused-ring (bicyclic) bond motifs is 3. The zero-order chi connectivity index (χ0) is 35.1. The maximum atomic E-state index is 14.5. The number of rotatable bonds is 8. The van der Waals surface area contributed by atoms with E-state index in [1.807, 2.05) is 48.5 Å². The molecule has 3 heterocycles. The molecular weight excluding hydrogens is 742 g/mol. The van der Waals surface area contributed by atoms with Gasteiger partial charge in [-0.15, -0.1) is 0 Å². The standard InChI is InChI=1S/C36H44BrN5O6S2/c1-35(16-17-35)50(46,47)41-33(45)36-20-24(36)12-8-3-2-4-9-13-28(38-21-23-10-6-5-7-11-23)32(44)42-22-26(19-29(42)31(43)40-36)48-34-39-27-15-14-25(37)18-30(27)49-34/h5-7,10-11,14-15,18,24,26,28-29,38H,2-4,8-9,12-13,16-17,19-22H2,1H3,(H,40,43)(H,41,45)/t24-,26-,28+,29+,36-/m1/s1. The van der Waals surface area contributed by atoms with Crippen LogP contribution in [0.15, 0.2) is 53.0 Å². The molecule has 0 spiro atoms. The molecule has 2 aromatic carbocycles. The first kappa shape index (κ1) is 35.3. The molecule has 2 saturated heterocycles. The third-order valence-corrected chi connectivity index (χ3v) is 14.4. The fourth-order valence-corrected chi connectivity index (χ4v) is 10.1. The second kappa shape index (κ2) is 14.2. The van der Waals surface area contributed by atoms with E-state index in [0.29, 0.717) is 43.8 Å². The largest absolute Gasteiger partial charge is 0.465 e. The van der Waals surface area contributed by atoms with Gasteiger partial charge in [0.2, 0.25) is 21.8 Å². The Hall–Kier alpha value is -3.07. The summed E-state index contributed by atoms with van der Waals surface area (Å²) in [5.74, 6) is -1.52. The Morgan fingerprint density at radius 1 is 1.08 bits per heavy atom. The summed E-state index contributed by atoms with van der Waals surface area (Å²) >= 11 is 4.90. The third-order valence-electron chi connectivity index (χ3n) is 10.9. The SMILES string of the molecule is CC1(S(=O)(=O)NC(=O)[C@@]23C[C@H]2CCCCCCC[C@H](NCc2ccccc2)C(=O)N2C[C@H](Oc4nc5ccc(Br)cc5s4)C[C@H]2C(=O)N3)CC1. The van der Waals surface area contributed by atoms with Gasteiger partial charge in [-0.3, -0.25) is 19.1 Å². The number of nitrogens with one attached hydrogen (secondary N) is 3. The first-order chi connectivity index (χ1) is 24.0. The van der Waals surface area contributed by atoms with Gasteiger partial charge in [-0.05, 0) is 68.7 Å². The number of carbonyl (C=O) groups excluding carboxylic acids is 3. The van der Waals surface area contributed by atoms with Gasteiger partial charge in [-0.1, -0.05) is 89.7 Å². The van der Waals surface area contributed by atoms with E-state index in [2.05, 4.69) is 36.3 Å². The predicted octanol–water partition coefficient (Wildman–Crippen LogP) is 5.18. The smallest absolute Gasteiger partial charge is 0.274 e. The number of hydrogen-bond acceptors (Lipinski definition) is 9. The molecule has 4 fully saturated rings. The van der Waals surface area contributed by atoms with Crippen molar-refractivity contribution in [2.24, 2.45) is 5.92 Å². The van der Waals surface area contributed by atoms with Crippen molar-refractivity contribution in [3.63, 3.8) is 0 Å². The van der Waals surface area contributed by atoms with Gasteiger partial charge in [0.05, 0.1) is 27.6 Å². The van der Waals surface area contributed by atoms with E-state index in [9.17, 15) is 22.8 Å². The van der Waals surface area contributed by atoms with Crippen LogP contribution in [0.3, 0.4) is 0 Å². The molecule has 4 aliphatic rings. The lowest BCUT2D eigenvalue weighted by Gasteiger charge is -2.30. The fourth-order valence-electron chi connectivity index (χ4n) is 7.32. The van der Waals surface area contributed by atoms with E-state index in [4.69, 9.17) is 4.74 Å². The quantitative estimate of drug-likeness (QED) is 0.283. The van der Waals surface area contributed by atoms with Crippen LogP contribution in [0.1, 0.15) is 83.1 Å². The molecule has 2 aliphatic carbocycles. The summed E-state index contributed by atoms with van der Waals surface area (Å²) in [4.78, 5) is 48.8. The number of amides is 3. The molecule has 5 atom stereocenters. The van der Waals surface area contributed by atoms with Crippen molar-refractivity contribution in [2.75, 3.05) is 6.54 Å². The summed E-state index contributed by atoms with van der Waals surface area (Å²) in [5, 5.41) is 6.93. The number of benzene rings is 2. The minimum atomic E-state index is -3.90. The van der Waals surface area contributed by atoms with Gasteiger partial charge in [0.15, 0.2) is 0 Å². The molecule has 0 bridgehead atoms. The highest BCUT2D eigenvalue weighted by atomic mass is 79.9. The van der Waals surface area contributed by atoms with E-state index in [1.54, 1.807) is 11.8 Å². The number of nitrogens with zero attached hydrogens (tertiary/aromatic N) is 2. The second-order valence-corrected chi connectivity index (χ2v) is 18.7. The Morgan fingerprint density at radius 3 is 2.58 bits per heavy atom. The summed E-state index contributed by atoms with van der Waals surface area (Å²) in [7, 11) is -3.90. The molecule has 2 saturated carbocycles. The lowest BCUT2D eigenvalue weighted by molar-refractivity contribution is -0.141. The molecular formula is C36H44BrN5O6S2. The maximum absolute atomic E-state index is 14.5. The number of hydrogen-bond donors (Lipinski definition) is 3. The molecule has 0 unspecified atom stereocenters. The molecule has 50 heavy (non-hydrogen) atoms. The molecule has 2 aliphatic heterocycles. The predicted molar refractivity (Wildman–Crippen MR) is 195 cm³/mol. The van der Waals surface area contributed by atoms with E-state index in [0.717, 1.165) is 52.4 Å². The average molecular weight is 787 g/mol. The molecule has 7 rings (SSSR count). The zero-order valence-corrected chi connectivity index (χ0v) is 31.4. The van der Waals surface area contributed by atoms with Crippen molar-refractivity contribution in [3.8, 4) is 5.19 Å². The lowest BCUT2D eigenvalue weighted by atomic mass is 10.0. The molecule has 14 heteroatoms. The Balaban J connectivity index is 1.16. The van der Waals surface area contributed by atoms with Crippen molar-refractivity contribution >= 4 is 65.2 Å². The highest BCUT2D eigenvalue weighted by Crippen LogP contribution is 2.49. The van der Waals surface area contributed by atoms with Gasteiger partial charge < -0.3 is 20.3 Å². The number of sulfonamides is 1. The Morgan fingerprint density at radius 2 is 1.82 bits per heavy atom. The highest BCUT2D eigenvalue weighted by Gasteiger charge is 2.63. The van der Waals surface area contributed by atoms with Crippen molar-refractivity contribution in [2.45, 2.75) is 113 Å². The van der Waals surface area contributed by atoms with Gasteiger partial charge in [0.25, 0.3) is 11.1 Å². The third kappa shape index (κ3) is 7.44. The van der Waals surface area contributed by atoms with Crippen LogP contribution in [-0.4, -0.2) is 71.0 Å². The Labute approximate surface area is 305 Å². The van der Waals surface area contributed by atoms with Gasteiger partial charge in [0.1, 0.15) is 17.7 Å². The van der Waals surface area contributed by atoms with Crippen LogP contribution in [0.25, 0.3) is 10.2 Å². The number of thiazole rings is 1. The van der Waals surface area contributed by atoms with Crippen molar-refractivity contribution in [1.82, 2.24) is 25.2 Å². The Bertz CT molecular complexity index is 1870. The molecule has 1 aromatic heterocycles. The van der Waals surface area contributed by atoms with Crippen LogP contribution in [0.4, 0.5) is 0 Å². The van der Waals surface area contributed by atoms with Crippen molar-refractivity contribution in [3.05, 3.63) is 58.6 Å². The van der Waals surface area contributed by atoms with Crippen LogP contribution in [0, 0.1) is 5.92 Å². The van der Waals surface area contributed by atoms with Gasteiger partial charge in [-0.25, -0.2) is 13.4 Å². The number of halogens is 1. The van der Waals surface area contributed by atoms with Crippen molar-refractivity contribution < 1.29 is 27.5 Å². The van der Waals surface area contributed by atoms with E-state index >= 15 is 0 Å². The summed E-state index contributed by atoms with van der Waals surface area (Å²) in [6, 6.07) is 14.3. The molecule has 11 nitrogen and oxygen atoms in total. The molecule has 3 N–H and O–H groups in total. The summed E-state index contributed by atoms with van der Waals surface area (Å²) in [5.41, 5.74) is 0.510. The molecule has 0 radical (unpaired) electrons. The number of ether oxygens (including phenoxy) is 1. The van der Waals surface area contributed by atoms with Crippen molar-refractivity contribution in [1.29, 1.82) is 0 Å². The van der Waals surface area contributed by atoms with E-state index < -0.39 is 50.3 Å². The van der Waals surface area contributed by atoms with Crippen LogP contribution < -0.4 is 20.1 Å². The van der Waals surface area contributed by atoms with Crippen LogP contribution in [0.2, 0.25) is 0 Å². The highest BCUT2D eigenvalue weighted by molar-refractivity contribution is 9.10. The Kier molecular flexibility index (Phi) is 10.0.